The Morgan fingerprint density at radius 3 is 2.94 bits per heavy atom. The summed E-state index contributed by atoms with van der Waals surface area (Å²) in [6, 6.07) is 4.39. The molecule has 0 amide bonds. The molecule has 0 radical (unpaired) electrons. The van der Waals surface area contributed by atoms with E-state index in [9.17, 15) is 0 Å². The highest BCUT2D eigenvalue weighted by Crippen LogP contribution is 2.23. The zero-order chi connectivity index (χ0) is 11.4. The topological polar surface area (TPSA) is 25.2 Å². The molecule has 3 heteroatoms. The van der Waals surface area contributed by atoms with E-state index < -0.39 is 0 Å². The second kappa shape index (κ2) is 5.74. The van der Waals surface area contributed by atoms with Crippen molar-refractivity contribution in [1.29, 1.82) is 0 Å². The Kier molecular flexibility index (Phi) is 4.30. The van der Waals surface area contributed by atoms with Gasteiger partial charge in [-0.25, -0.2) is 0 Å². The van der Waals surface area contributed by atoms with Crippen molar-refractivity contribution in [3.8, 4) is 0 Å². The maximum atomic E-state index is 5.73. The molecule has 2 atom stereocenters. The Morgan fingerprint density at radius 1 is 1.31 bits per heavy atom. The molecule has 0 saturated heterocycles. The first-order valence-corrected chi connectivity index (χ1v) is 6.59. The third-order valence-corrected chi connectivity index (χ3v) is 3.65. The standard InChI is InChI=1S/C13H20ClNO/c1-10-3-2-4-11(6-5-10)15-9-12-7-8-13(14)16-12/h7-8,10-11,15H,2-6,9H2,1H3. The van der Waals surface area contributed by atoms with Crippen LogP contribution in [0.2, 0.25) is 5.22 Å². The number of furan rings is 1. The van der Waals surface area contributed by atoms with E-state index in [2.05, 4.69) is 12.2 Å². The molecule has 1 aromatic rings. The fourth-order valence-corrected chi connectivity index (χ4v) is 2.54. The van der Waals surface area contributed by atoms with Gasteiger partial charge in [0.2, 0.25) is 0 Å². The summed E-state index contributed by atoms with van der Waals surface area (Å²) in [4.78, 5) is 0. The van der Waals surface area contributed by atoms with Gasteiger partial charge in [0, 0.05) is 6.04 Å². The van der Waals surface area contributed by atoms with Crippen molar-refractivity contribution in [2.45, 2.75) is 51.6 Å². The van der Waals surface area contributed by atoms with E-state index >= 15 is 0 Å². The fraction of sp³-hybridized carbons (Fsp3) is 0.692. The smallest absolute Gasteiger partial charge is 0.193 e. The molecule has 2 nitrogen and oxygen atoms in total. The van der Waals surface area contributed by atoms with Crippen LogP contribution in [0, 0.1) is 5.92 Å². The van der Waals surface area contributed by atoms with Gasteiger partial charge in [-0.3, -0.25) is 0 Å². The molecule has 1 heterocycles. The molecule has 2 unspecified atom stereocenters. The molecule has 90 valence electrons. The molecule has 0 spiro atoms. The van der Waals surface area contributed by atoms with E-state index in [1.165, 1.54) is 32.1 Å². The minimum Gasteiger partial charge on any atom is -0.448 e. The van der Waals surface area contributed by atoms with Crippen molar-refractivity contribution in [1.82, 2.24) is 5.32 Å². The average molecular weight is 242 g/mol. The van der Waals surface area contributed by atoms with Crippen molar-refractivity contribution < 1.29 is 4.42 Å². The van der Waals surface area contributed by atoms with Gasteiger partial charge in [-0.2, -0.15) is 0 Å². The molecule has 16 heavy (non-hydrogen) atoms. The van der Waals surface area contributed by atoms with Gasteiger partial charge < -0.3 is 9.73 Å². The van der Waals surface area contributed by atoms with Gasteiger partial charge in [-0.05, 0) is 48.9 Å². The van der Waals surface area contributed by atoms with Crippen molar-refractivity contribution >= 4 is 11.6 Å². The molecule has 1 fully saturated rings. The molecule has 1 aromatic heterocycles. The lowest BCUT2D eigenvalue weighted by molar-refractivity contribution is 0.412. The number of hydrogen-bond acceptors (Lipinski definition) is 2. The van der Waals surface area contributed by atoms with E-state index in [-0.39, 0.29) is 0 Å². The Balaban J connectivity index is 1.77. The van der Waals surface area contributed by atoms with Gasteiger partial charge in [-0.1, -0.05) is 19.8 Å². The largest absolute Gasteiger partial charge is 0.448 e. The third-order valence-electron chi connectivity index (χ3n) is 3.45. The summed E-state index contributed by atoms with van der Waals surface area (Å²) in [5, 5.41) is 4.04. The van der Waals surface area contributed by atoms with Gasteiger partial charge in [0.25, 0.3) is 0 Å². The van der Waals surface area contributed by atoms with Crippen LogP contribution in [-0.4, -0.2) is 6.04 Å². The molecular formula is C13H20ClNO. The summed E-state index contributed by atoms with van der Waals surface area (Å²) in [5.74, 6) is 1.83. The maximum absolute atomic E-state index is 5.73. The molecule has 1 aliphatic rings. The van der Waals surface area contributed by atoms with Crippen molar-refractivity contribution in [3.63, 3.8) is 0 Å². The van der Waals surface area contributed by atoms with Gasteiger partial charge >= 0.3 is 0 Å². The third kappa shape index (κ3) is 3.53. The molecule has 0 bridgehead atoms. The van der Waals surface area contributed by atoms with Crippen LogP contribution in [-0.2, 0) is 6.54 Å². The predicted molar refractivity (Wildman–Crippen MR) is 66.6 cm³/mol. The zero-order valence-electron chi connectivity index (χ0n) is 9.84. The predicted octanol–water partition coefficient (Wildman–Crippen LogP) is 3.99. The highest BCUT2D eigenvalue weighted by molar-refractivity contribution is 6.28. The summed E-state index contributed by atoms with van der Waals surface area (Å²) < 4.78 is 5.33. The van der Waals surface area contributed by atoms with Gasteiger partial charge in [0.15, 0.2) is 5.22 Å². The van der Waals surface area contributed by atoms with Gasteiger partial charge in [0.1, 0.15) is 5.76 Å². The van der Waals surface area contributed by atoms with Crippen LogP contribution in [0.5, 0.6) is 0 Å². The van der Waals surface area contributed by atoms with Crippen molar-refractivity contribution in [3.05, 3.63) is 23.1 Å². The Labute approximate surface area is 102 Å². The first kappa shape index (κ1) is 12.0. The van der Waals surface area contributed by atoms with E-state index in [0.717, 1.165) is 18.2 Å². The summed E-state index contributed by atoms with van der Waals surface area (Å²) in [5.41, 5.74) is 0. The Morgan fingerprint density at radius 2 is 2.19 bits per heavy atom. The first-order valence-electron chi connectivity index (χ1n) is 6.21. The lowest BCUT2D eigenvalue weighted by Crippen LogP contribution is -2.27. The number of nitrogens with one attached hydrogen (secondary N) is 1. The summed E-state index contributed by atoms with van der Waals surface area (Å²) in [6.45, 7) is 3.15. The Bertz CT molecular complexity index is 323. The molecule has 0 aromatic carbocycles. The first-order chi connectivity index (χ1) is 7.74. The summed E-state index contributed by atoms with van der Waals surface area (Å²) in [7, 11) is 0. The van der Waals surface area contributed by atoms with Crippen LogP contribution in [0.15, 0.2) is 16.5 Å². The van der Waals surface area contributed by atoms with Crippen LogP contribution in [0.3, 0.4) is 0 Å². The minimum absolute atomic E-state index is 0.478. The van der Waals surface area contributed by atoms with Crippen LogP contribution >= 0.6 is 11.6 Å². The average Bonchev–Trinajstić information content (AvgIpc) is 2.56. The second-order valence-corrected chi connectivity index (χ2v) is 5.27. The van der Waals surface area contributed by atoms with Gasteiger partial charge in [-0.15, -0.1) is 0 Å². The molecule has 0 aliphatic heterocycles. The number of hydrogen-bond donors (Lipinski definition) is 1. The van der Waals surface area contributed by atoms with Crippen LogP contribution in [0.25, 0.3) is 0 Å². The normalized spacial score (nSPS) is 26.6. The SMILES string of the molecule is CC1CCCC(NCc2ccc(Cl)o2)CC1. The quantitative estimate of drug-likeness (QED) is 0.810. The summed E-state index contributed by atoms with van der Waals surface area (Å²) >= 11 is 5.73. The number of rotatable bonds is 3. The van der Waals surface area contributed by atoms with E-state index in [1.807, 2.05) is 6.07 Å². The molecular weight excluding hydrogens is 222 g/mol. The number of halogens is 1. The van der Waals surface area contributed by atoms with E-state index in [1.54, 1.807) is 6.07 Å². The highest BCUT2D eigenvalue weighted by atomic mass is 35.5. The van der Waals surface area contributed by atoms with Crippen molar-refractivity contribution in [2.75, 3.05) is 0 Å². The van der Waals surface area contributed by atoms with Crippen molar-refractivity contribution in [2.24, 2.45) is 5.92 Å². The molecule has 2 rings (SSSR count). The van der Waals surface area contributed by atoms with Crippen LogP contribution < -0.4 is 5.32 Å². The van der Waals surface area contributed by atoms with Crippen LogP contribution in [0.4, 0.5) is 0 Å². The minimum atomic E-state index is 0.478. The zero-order valence-corrected chi connectivity index (χ0v) is 10.6. The maximum Gasteiger partial charge on any atom is 0.193 e. The highest BCUT2D eigenvalue weighted by Gasteiger charge is 2.15. The summed E-state index contributed by atoms with van der Waals surface area (Å²) in [6.07, 6.45) is 6.65. The molecule has 1 N–H and O–H groups in total. The fourth-order valence-electron chi connectivity index (χ4n) is 2.38. The monoisotopic (exact) mass is 241 g/mol. The molecule has 1 saturated carbocycles. The van der Waals surface area contributed by atoms with E-state index in [0.29, 0.717) is 11.3 Å². The Hall–Kier alpha value is -0.470. The second-order valence-electron chi connectivity index (χ2n) is 4.90. The van der Waals surface area contributed by atoms with Crippen LogP contribution in [0.1, 0.15) is 44.8 Å². The molecule has 1 aliphatic carbocycles. The van der Waals surface area contributed by atoms with Gasteiger partial charge in [0.05, 0.1) is 6.54 Å². The lowest BCUT2D eigenvalue weighted by atomic mass is 10.0. The van der Waals surface area contributed by atoms with E-state index in [4.69, 9.17) is 16.0 Å². The lowest BCUT2D eigenvalue weighted by Gasteiger charge is -2.15.